The summed E-state index contributed by atoms with van der Waals surface area (Å²) in [5.41, 5.74) is -0.169. The number of hydrogen-bond donors (Lipinski definition) is 2. The summed E-state index contributed by atoms with van der Waals surface area (Å²) >= 11 is 17.7. The summed E-state index contributed by atoms with van der Waals surface area (Å²) in [6, 6.07) is 9.15. The quantitative estimate of drug-likeness (QED) is 0.509. The standard InChI is InChI=1S/C19H15Cl3N2O6/c20-11-5-6-12(21)17(22)16(11)18(26)29-9-15(25)24-19(27)23-7-10-8-28-13-3-1-2-4-14(13)30-10/h1-6,10H,7-9H2,(H2,23,24,25,27). The van der Waals surface area contributed by atoms with Crippen LogP contribution in [0.2, 0.25) is 15.1 Å². The zero-order chi connectivity index (χ0) is 21.7. The number of rotatable bonds is 5. The number of carbonyl (C=O) groups excluding carboxylic acids is 3. The van der Waals surface area contributed by atoms with Gasteiger partial charge in [0.1, 0.15) is 6.61 Å². The molecule has 3 amide bonds. The van der Waals surface area contributed by atoms with Crippen LogP contribution in [0, 0.1) is 0 Å². The molecule has 0 radical (unpaired) electrons. The van der Waals surface area contributed by atoms with E-state index in [1.54, 1.807) is 18.2 Å². The third-order valence-electron chi connectivity index (χ3n) is 3.89. The molecule has 0 aromatic heterocycles. The van der Waals surface area contributed by atoms with Crippen LogP contribution in [-0.2, 0) is 9.53 Å². The highest BCUT2D eigenvalue weighted by Crippen LogP contribution is 2.32. The molecular formula is C19H15Cl3N2O6. The normalized spacial score (nSPS) is 14.6. The number of imide groups is 1. The highest BCUT2D eigenvalue weighted by molar-refractivity contribution is 6.46. The predicted octanol–water partition coefficient (Wildman–Crippen LogP) is 3.47. The molecule has 0 saturated heterocycles. The minimum atomic E-state index is -0.950. The molecule has 2 aromatic carbocycles. The Morgan fingerprint density at radius 3 is 2.50 bits per heavy atom. The lowest BCUT2D eigenvalue weighted by Crippen LogP contribution is -2.46. The summed E-state index contributed by atoms with van der Waals surface area (Å²) in [6.45, 7) is -0.382. The molecule has 11 heteroatoms. The van der Waals surface area contributed by atoms with Gasteiger partial charge >= 0.3 is 12.0 Å². The number of hydrogen-bond acceptors (Lipinski definition) is 6. The second-order valence-corrected chi connectivity index (χ2v) is 7.24. The van der Waals surface area contributed by atoms with Crippen molar-refractivity contribution < 1.29 is 28.6 Å². The van der Waals surface area contributed by atoms with E-state index in [0.29, 0.717) is 11.5 Å². The average Bonchev–Trinajstić information content (AvgIpc) is 2.73. The second kappa shape index (κ2) is 9.88. The van der Waals surface area contributed by atoms with Crippen LogP contribution in [0.4, 0.5) is 4.79 Å². The second-order valence-electron chi connectivity index (χ2n) is 6.05. The van der Waals surface area contributed by atoms with Crippen LogP contribution in [0.1, 0.15) is 10.4 Å². The lowest BCUT2D eigenvalue weighted by molar-refractivity contribution is -0.123. The van der Waals surface area contributed by atoms with Gasteiger partial charge in [-0.1, -0.05) is 46.9 Å². The molecule has 3 rings (SSSR count). The molecule has 0 bridgehead atoms. The van der Waals surface area contributed by atoms with Crippen LogP contribution in [0.3, 0.4) is 0 Å². The summed E-state index contributed by atoms with van der Waals surface area (Å²) in [5, 5.41) is 4.54. The molecule has 158 valence electrons. The van der Waals surface area contributed by atoms with E-state index < -0.39 is 30.6 Å². The number of benzene rings is 2. The van der Waals surface area contributed by atoms with Crippen molar-refractivity contribution in [2.75, 3.05) is 19.8 Å². The van der Waals surface area contributed by atoms with Gasteiger partial charge in [0, 0.05) is 0 Å². The Balaban J connectivity index is 1.43. The van der Waals surface area contributed by atoms with Crippen LogP contribution < -0.4 is 20.1 Å². The third kappa shape index (κ3) is 5.47. The smallest absolute Gasteiger partial charge is 0.341 e. The number of ether oxygens (including phenoxy) is 3. The van der Waals surface area contributed by atoms with Gasteiger partial charge in [-0.05, 0) is 24.3 Å². The number of halogens is 3. The number of para-hydroxylation sites is 2. The number of nitrogens with one attached hydrogen (secondary N) is 2. The molecule has 1 aliphatic rings. The number of amides is 3. The Kier molecular flexibility index (Phi) is 7.25. The van der Waals surface area contributed by atoms with Crippen molar-refractivity contribution in [2.45, 2.75) is 6.10 Å². The SMILES string of the molecule is O=C(COC(=O)c1c(Cl)ccc(Cl)c1Cl)NC(=O)NCC1COc2ccccc2O1. The van der Waals surface area contributed by atoms with Crippen molar-refractivity contribution in [1.29, 1.82) is 0 Å². The number of esters is 1. The van der Waals surface area contributed by atoms with E-state index in [0.717, 1.165) is 0 Å². The molecule has 0 spiro atoms. The molecule has 1 heterocycles. The summed E-state index contributed by atoms with van der Waals surface area (Å²) < 4.78 is 16.1. The monoisotopic (exact) mass is 472 g/mol. The lowest BCUT2D eigenvalue weighted by Gasteiger charge is -2.26. The van der Waals surface area contributed by atoms with E-state index >= 15 is 0 Å². The van der Waals surface area contributed by atoms with E-state index in [2.05, 4.69) is 5.32 Å². The Bertz CT molecular complexity index is 985. The fourth-order valence-corrected chi connectivity index (χ4v) is 3.18. The number of carbonyl (C=O) groups is 3. The Hall–Kier alpha value is -2.68. The van der Waals surface area contributed by atoms with E-state index in [-0.39, 0.29) is 33.8 Å². The Morgan fingerprint density at radius 2 is 1.73 bits per heavy atom. The van der Waals surface area contributed by atoms with E-state index in [1.165, 1.54) is 12.1 Å². The first-order chi connectivity index (χ1) is 14.3. The molecule has 1 aliphatic heterocycles. The van der Waals surface area contributed by atoms with Crippen LogP contribution >= 0.6 is 34.8 Å². The molecule has 8 nitrogen and oxygen atoms in total. The molecule has 2 aromatic rings. The average molecular weight is 474 g/mol. The van der Waals surface area contributed by atoms with Crippen molar-refractivity contribution in [1.82, 2.24) is 10.6 Å². The fraction of sp³-hybridized carbons (Fsp3) is 0.211. The third-order valence-corrected chi connectivity index (χ3v) is 5.01. The zero-order valence-electron chi connectivity index (χ0n) is 15.2. The largest absolute Gasteiger partial charge is 0.486 e. The number of urea groups is 1. The first-order valence-electron chi connectivity index (χ1n) is 8.62. The zero-order valence-corrected chi connectivity index (χ0v) is 17.5. The summed E-state index contributed by atoms with van der Waals surface area (Å²) in [4.78, 5) is 35.8. The highest BCUT2D eigenvalue weighted by atomic mass is 35.5. The maximum Gasteiger partial charge on any atom is 0.341 e. The van der Waals surface area contributed by atoms with Gasteiger partial charge in [0.05, 0.1) is 27.2 Å². The molecule has 0 saturated carbocycles. The lowest BCUT2D eigenvalue weighted by atomic mass is 10.2. The maximum atomic E-state index is 12.1. The highest BCUT2D eigenvalue weighted by Gasteiger charge is 2.22. The van der Waals surface area contributed by atoms with Crippen molar-refractivity contribution in [2.24, 2.45) is 0 Å². The topological polar surface area (TPSA) is 103 Å². The van der Waals surface area contributed by atoms with Crippen LogP contribution in [0.15, 0.2) is 36.4 Å². The van der Waals surface area contributed by atoms with Gasteiger partial charge < -0.3 is 19.5 Å². The van der Waals surface area contributed by atoms with Gasteiger partial charge in [0.2, 0.25) is 0 Å². The molecular weight excluding hydrogens is 459 g/mol. The van der Waals surface area contributed by atoms with Gasteiger partial charge in [-0.3, -0.25) is 10.1 Å². The van der Waals surface area contributed by atoms with Gasteiger partial charge in [-0.2, -0.15) is 0 Å². The molecule has 2 N–H and O–H groups in total. The first kappa shape index (κ1) is 22.0. The Labute approximate surface area is 186 Å². The van der Waals surface area contributed by atoms with Crippen molar-refractivity contribution in [3.05, 3.63) is 57.0 Å². The summed E-state index contributed by atoms with van der Waals surface area (Å²) in [5.74, 6) is -0.608. The van der Waals surface area contributed by atoms with Gasteiger partial charge in [0.15, 0.2) is 24.2 Å². The molecule has 1 unspecified atom stereocenters. The van der Waals surface area contributed by atoms with E-state index in [1.807, 2.05) is 11.4 Å². The van der Waals surface area contributed by atoms with Crippen molar-refractivity contribution in [3.8, 4) is 11.5 Å². The van der Waals surface area contributed by atoms with Gasteiger partial charge in [-0.25, -0.2) is 9.59 Å². The van der Waals surface area contributed by atoms with E-state index in [9.17, 15) is 14.4 Å². The minimum absolute atomic E-state index is 0.0174. The van der Waals surface area contributed by atoms with Crippen molar-refractivity contribution >= 4 is 52.7 Å². The predicted molar refractivity (Wildman–Crippen MR) is 110 cm³/mol. The van der Waals surface area contributed by atoms with Crippen molar-refractivity contribution in [3.63, 3.8) is 0 Å². The molecule has 1 atom stereocenters. The van der Waals surface area contributed by atoms with E-state index in [4.69, 9.17) is 49.0 Å². The van der Waals surface area contributed by atoms with Crippen LogP contribution in [-0.4, -0.2) is 43.8 Å². The maximum absolute atomic E-state index is 12.1. The number of fused-ring (bicyclic) bond motifs is 1. The van der Waals surface area contributed by atoms with Gasteiger partial charge in [0.25, 0.3) is 5.91 Å². The van der Waals surface area contributed by atoms with Crippen LogP contribution in [0.5, 0.6) is 11.5 Å². The Morgan fingerprint density at radius 1 is 1.03 bits per heavy atom. The fourth-order valence-electron chi connectivity index (χ4n) is 2.49. The molecule has 0 aliphatic carbocycles. The summed E-state index contributed by atoms with van der Waals surface area (Å²) in [7, 11) is 0. The first-order valence-corrected chi connectivity index (χ1v) is 9.75. The molecule has 0 fully saturated rings. The summed E-state index contributed by atoms with van der Waals surface area (Å²) in [6.07, 6.45) is -0.425. The van der Waals surface area contributed by atoms with Crippen LogP contribution in [0.25, 0.3) is 0 Å². The molecule has 30 heavy (non-hydrogen) atoms. The minimum Gasteiger partial charge on any atom is -0.486 e. The van der Waals surface area contributed by atoms with Gasteiger partial charge in [-0.15, -0.1) is 0 Å².